The first kappa shape index (κ1) is 15.0. The van der Waals surface area contributed by atoms with E-state index >= 15 is 0 Å². The average Bonchev–Trinajstić information content (AvgIpc) is 3.08. The van der Waals surface area contributed by atoms with Gasteiger partial charge in [0, 0.05) is 10.3 Å². The first-order valence-corrected chi connectivity index (χ1v) is 8.29. The second-order valence-corrected chi connectivity index (χ2v) is 6.94. The Labute approximate surface area is 133 Å². The summed E-state index contributed by atoms with van der Waals surface area (Å²) in [7, 11) is 0. The van der Waals surface area contributed by atoms with Gasteiger partial charge in [-0.15, -0.1) is 11.3 Å². The number of hydrazine groups is 1. The van der Waals surface area contributed by atoms with Crippen molar-refractivity contribution in [2.75, 3.05) is 0 Å². The fourth-order valence-corrected chi connectivity index (χ4v) is 3.76. The monoisotopic (exact) mass is 318 g/mol. The number of thiophene rings is 1. The van der Waals surface area contributed by atoms with E-state index in [0.29, 0.717) is 24.3 Å². The van der Waals surface area contributed by atoms with Gasteiger partial charge in [-0.2, -0.15) is 5.01 Å². The lowest BCUT2D eigenvalue weighted by atomic mass is 9.85. The minimum absolute atomic E-state index is 0.299. The highest BCUT2D eigenvalue weighted by Gasteiger charge is 2.48. The third-order valence-electron chi connectivity index (χ3n) is 4.17. The molecule has 1 aliphatic heterocycles. The SMILES string of the molecule is CC(C)c1cc(C(=O)NN2C(=O)C3CC=CCC3C2=O)cs1. The quantitative estimate of drug-likeness (QED) is 0.688. The normalized spacial score (nSPS) is 24.0. The molecule has 6 heteroatoms. The van der Waals surface area contributed by atoms with Gasteiger partial charge in [-0.05, 0) is 24.8 Å². The molecule has 116 valence electrons. The molecule has 0 saturated carbocycles. The maximum atomic E-state index is 12.3. The molecule has 2 heterocycles. The van der Waals surface area contributed by atoms with E-state index in [2.05, 4.69) is 19.3 Å². The van der Waals surface area contributed by atoms with Gasteiger partial charge in [0.2, 0.25) is 0 Å². The van der Waals surface area contributed by atoms with E-state index in [9.17, 15) is 14.4 Å². The molecular formula is C16H18N2O3S. The molecule has 1 aromatic heterocycles. The van der Waals surface area contributed by atoms with Gasteiger partial charge >= 0.3 is 0 Å². The van der Waals surface area contributed by atoms with Crippen LogP contribution in [0.15, 0.2) is 23.6 Å². The lowest BCUT2D eigenvalue weighted by Crippen LogP contribution is -2.46. The number of amides is 3. The molecule has 1 aliphatic carbocycles. The van der Waals surface area contributed by atoms with Crippen LogP contribution in [-0.2, 0) is 9.59 Å². The molecular weight excluding hydrogens is 300 g/mol. The van der Waals surface area contributed by atoms with Gasteiger partial charge in [-0.3, -0.25) is 19.8 Å². The number of allylic oxidation sites excluding steroid dienone is 2. The van der Waals surface area contributed by atoms with Crippen LogP contribution in [0, 0.1) is 11.8 Å². The van der Waals surface area contributed by atoms with Crippen LogP contribution >= 0.6 is 11.3 Å². The third kappa shape index (κ3) is 2.47. The molecule has 0 bridgehead atoms. The molecule has 2 unspecified atom stereocenters. The van der Waals surface area contributed by atoms with Crippen LogP contribution in [0.25, 0.3) is 0 Å². The first-order valence-electron chi connectivity index (χ1n) is 7.41. The number of carbonyl (C=O) groups is 3. The third-order valence-corrected chi connectivity index (χ3v) is 5.41. The Hall–Kier alpha value is -1.95. The fraction of sp³-hybridized carbons (Fsp3) is 0.438. The molecule has 2 atom stereocenters. The lowest BCUT2D eigenvalue weighted by molar-refractivity contribution is -0.142. The summed E-state index contributed by atoms with van der Waals surface area (Å²) < 4.78 is 0. The number of hydrogen-bond acceptors (Lipinski definition) is 4. The fourth-order valence-electron chi connectivity index (χ4n) is 2.85. The Morgan fingerprint density at radius 1 is 1.23 bits per heavy atom. The van der Waals surface area contributed by atoms with Crippen LogP contribution in [0.4, 0.5) is 0 Å². The number of carbonyl (C=O) groups excluding carboxylic acids is 3. The smallest absolute Gasteiger partial charge is 0.271 e. The van der Waals surface area contributed by atoms with Crippen LogP contribution in [0.1, 0.15) is 47.8 Å². The van der Waals surface area contributed by atoms with Crippen molar-refractivity contribution in [2.45, 2.75) is 32.6 Å². The van der Waals surface area contributed by atoms with Gasteiger partial charge in [0.15, 0.2) is 0 Å². The highest BCUT2D eigenvalue weighted by Crippen LogP contribution is 2.34. The Kier molecular flexibility index (Phi) is 3.87. The number of rotatable bonds is 3. The molecule has 3 amide bonds. The van der Waals surface area contributed by atoms with Crippen LogP contribution in [0.3, 0.4) is 0 Å². The van der Waals surface area contributed by atoms with Gasteiger partial charge in [-0.25, -0.2) is 0 Å². The van der Waals surface area contributed by atoms with E-state index in [1.54, 1.807) is 5.38 Å². The lowest BCUT2D eigenvalue weighted by Gasteiger charge is -2.15. The summed E-state index contributed by atoms with van der Waals surface area (Å²) in [6.45, 7) is 4.11. The number of hydrogen-bond donors (Lipinski definition) is 1. The number of fused-ring (bicyclic) bond motifs is 1. The molecule has 0 radical (unpaired) electrons. The zero-order valence-electron chi connectivity index (χ0n) is 12.5. The molecule has 1 aromatic rings. The van der Waals surface area contributed by atoms with Crippen molar-refractivity contribution in [2.24, 2.45) is 11.8 Å². The standard InChI is InChI=1S/C16H18N2O3S/c1-9(2)13-7-10(8-22-13)14(19)17-18-15(20)11-5-3-4-6-12(11)16(18)21/h3-4,7-9,11-12H,5-6H2,1-2H3,(H,17,19). The highest BCUT2D eigenvalue weighted by atomic mass is 32.1. The van der Waals surface area contributed by atoms with E-state index in [-0.39, 0.29) is 23.7 Å². The van der Waals surface area contributed by atoms with Gasteiger partial charge in [0.05, 0.1) is 17.4 Å². The summed E-state index contributed by atoms with van der Waals surface area (Å²) in [6, 6.07) is 1.81. The zero-order chi connectivity index (χ0) is 15.9. The minimum atomic E-state index is -0.406. The maximum Gasteiger partial charge on any atom is 0.271 e. The van der Waals surface area contributed by atoms with E-state index in [1.165, 1.54) is 11.3 Å². The number of nitrogens with zero attached hydrogens (tertiary/aromatic N) is 1. The van der Waals surface area contributed by atoms with Gasteiger partial charge in [0.1, 0.15) is 0 Å². The summed E-state index contributed by atoms with van der Waals surface area (Å²) >= 11 is 1.51. The van der Waals surface area contributed by atoms with Gasteiger partial charge < -0.3 is 0 Å². The van der Waals surface area contributed by atoms with Crippen LogP contribution in [0.5, 0.6) is 0 Å². The number of imide groups is 1. The second kappa shape index (κ2) is 5.68. The van der Waals surface area contributed by atoms with Crippen molar-refractivity contribution in [1.29, 1.82) is 0 Å². The Balaban J connectivity index is 1.74. The van der Waals surface area contributed by atoms with Gasteiger partial charge in [0.25, 0.3) is 17.7 Å². The summed E-state index contributed by atoms with van der Waals surface area (Å²) in [5.74, 6) is -1.32. The summed E-state index contributed by atoms with van der Waals surface area (Å²) in [6.07, 6.45) is 4.98. The molecule has 0 aromatic carbocycles. The molecule has 2 aliphatic rings. The molecule has 1 N–H and O–H groups in total. The average molecular weight is 318 g/mol. The van der Waals surface area contributed by atoms with Crippen LogP contribution < -0.4 is 5.43 Å². The second-order valence-electron chi connectivity index (χ2n) is 6.00. The van der Waals surface area contributed by atoms with Crippen molar-refractivity contribution < 1.29 is 14.4 Å². The Bertz CT molecular complexity index is 636. The van der Waals surface area contributed by atoms with Crippen LogP contribution in [0.2, 0.25) is 0 Å². The topological polar surface area (TPSA) is 66.5 Å². The Morgan fingerprint density at radius 2 is 1.82 bits per heavy atom. The van der Waals surface area contributed by atoms with Gasteiger partial charge in [-0.1, -0.05) is 26.0 Å². The van der Waals surface area contributed by atoms with Crippen molar-refractivity contribution >= 4 is 29.1 Å². The maximum absolute atomic E-state index is 12.3. The predicted octanol–water partition coefficient (Wildman–Crippen LogP) is 2.47. The molecule has 5 nitrogen and oxygen atoms in total. The van der Waals surface area contributed by atoms with Crippen molar-refractivity contribution in [1.82, 2.24) is 10.4 Å². The predicted molar refractivity (Wildman–Crippen MR) is 83.1 cm³/mol. The minimum Gasteiger partial charge on any atom is -0.272 e. The van der Waals surface area contributed by atoms with Crippen molar-refractivity contribution in [3.8, 4) is 0 Å². The van der Waals surface area contributed by atoms with Crippen molar-refractivity contribution in [3.05, 3.63) is 34.0 Å². The molecule has 1 fully saturated rings. The summed E-state index contributed by atoms with van der Waals surface area (Å²) in [5, 5.41) is 2.67. The molecule has 0 spiro atoms. The molecule has 3 rings (SSSR count). The van der Waals surface area contributed by atoms with E-state index in [4.69, 9.17) is 0 Å². The highest BCUT2D eigenvalue weighted by molar-refractivity contribution is 7.10. The van der Waals surface area contributed by atoms with Crippen LogP contribution in [-0.4, -0.2) is 22.7 Å². The van der Waals surface area contributed by atoms with E-state index < -0.39 is 5.91 Å². The largest absolute Gasteiger partial charge is 0.272 e. The molecule has 22 heavy (non-hydrogen) atoms. The van der Waals surface area contributed by atoms with Crippen molar-refractivity contribution in [3.63, 3.8) is 0 Å². The summed E-state index contributed by atoms with van der Waals surface area (Å²) in [5.41, 5.74) is 2.97. The zero-order valence-corrected chi connectivity index (χ0v) is 13.4. The Morgan fingerprint density at radius 3 is 2.32 bits per heavy atom. The summed E-state index contributed by atoms with van der Waals surface area (Å²) in [4.78, 5) is 37.9. The van der Waals surface area contributed by atoms with E-state index in [1.807, 2.05) is 18.2 Å². The number of nitrogens with one attached hydrogen (secondary N) is 1. The first-order chi connectivity index (χ1) is 10.5. The molecule has 1 saturated heterocycles. The van der Waals surface area contributed by atoms with E-state index in [0.717, 1.165) is 9.89 Å².